The summed E-state index contributed by atoms with van der Waals surface area (Å²) >= 11 is 0. The first-order valence-electron chi connectivity index (χ1n) is 3.92. The summed E-state index contributed by atoms with van der Waals surface area (Å²) in [4.78, 5) is 0. The second-order valence-corrected chi connectivity index (χ2v) is 2.67. The molecule has 1 rings (SSSR count). The molecule has 0 spiro atoms. The van der Waals surface area contributed by atoms with Crippen LogP contribution in [0.2, 0.25) is 0 Å². The molecule has 0 aromatic heterocycles. The first-order valence-corrected chi connectivity index (χ1v) is 3.92. The Bertz CT molecular complexity index is 95.6. The summed E-state index contributed by atoms with van der Waals surface area (Å²) < 4.78 is 12.9. The molecule has 0 bridgehead atoms. The van der Waals surface area contributed by atoms with Crippen molar-refractivity contribution in [1.82, 2.24) is 10.6 Å². The zero-order chi connectivity index (χ0) is 7.40. The SMILES string of the molecule is CCN[C@H]1CNCC[C@H]1F. The third-order valence-electron chi connectivity index (χ3n) is 1.86. The lowest BCUT2D eigenvalue weighted by molar-refractivity contribution is 0.203. The summed E-state index contributed by atoms with van der Waals surface area (Å²) in [5.74, 6) is 0. The summed E-state index contributed by atoms with van der Waals surface area (Å²) in [6.45, 7) is 4.45. The van der Waals surface area contributed by atoms with Crippen LogP contribution >= 0.6 is 0 Å². The van der Waals surface area contributed by atoms with Crippen LogP contribution in [0.25, 0.3) is 0 Å². The van der Waals surface area contributed by atoms with Crippen molar-refractivity contribution >= 4 is 0 Å². The molecule has 0 radical (unpaired) electrons. The topological polar surface area (TPSA) is 24.1 Å². The van der Waals surface area contributed by atoms with E-state index in [1.165, 1.54) is 0 Å². The van der Waals surface area contributed by atoms with Gasteiger partial charge in [0.2, 0.25) is 0 Å². The van der Waals surface area contributed by atoms with Gasteiger partial charge in [-0.3, -0.25) is 0 Å². The van der Waals surface area contributed by atoms with E-state index in [2.05, 4.69) is 10.6 Å². The molecule has 0 aromatic rings. The largest absolute Gasteiger partial charge is 0.315 e. The molecular weight excluding hydrogens is 131 g/mol. The Hall–Kier alpha value is -0.150. The van der Waals surface area contributed by atoms with E-state index in [9.17, 15) is 4.39 Å². The van der Waals surface area contributed by atoms with E-state index in [1.807, 2.05) is 6.92 Å². The van der Waals surface area contributed by atoms with Gasteiger partial charge in [0.05, 0.1) is 6.04 Å². The molecule has 0 unspecified atom stereocenters. The summed E-state index contributed by atoms with van der Waals surface area (Å²) in [7, 11) is 0. The fourth-order valence-electron chi connectivity index (χ4n) is 1.29. The average Bonchev–Trinajstić information content (AvgIpc) is 1.94. The van der Waals surface area contributed by atoms with Crippen LogP contribution in [0.4, 0.5) is 4.39 Å². The number of alkyl halides is 1. The van der Waals surface area contributed by atoms with Crippen LogP contribution in [0.15, 0.2) is 0 Å². The zero-order valence-electron chi connectivity index (χ0n) is 6.36. The van der Waals surface area contributed by atoms with Gasteiger partial charge < -0.3 is 10.6 Å². The highest BCUT2D eigenvalue weighted by Gasteiger charge is 2.22. The van der Waals surface area contributed by atoms with Gasteiger partial charge in [-0.1, -0.05) is 6.92 Å². The lowest BCUT2D eigenvalue weighted by Crippen LogP contribution is -2.50. The molecule has 2 N–H and O–H groups in total. The van der Waals surface area contributed by atoms with Gasteiger partial charge >= 0.3 is 0 Å². The lowest BCUT2D eigenvalue weighted by Gasteiger charge is -2.27. The first-order chi connectivity index (χ1) is 4.84. The van der Waals surface area contributed by atoms with Gasteiger partial charge in [0, 0.05) is 6.54 Å². The molecule has 1 aliphatic rings. The first kappa shape index (κ1) is 7.95. The van der Waals surface area contributed by atoms with Crippen molar-refractivity contribution in [3.05, 3.63) is 0 Å². The Balaban J connectivity index is 2.25. The van der Waals surface area contributed by atoms with E-state index in [1.54, 1.807) is 0 Å². The van der Waals surface area contributed by atoms with Crippen molar-refractivity contribution in [1.29, 1.82) is 0 Å². The molecule has 0 aliphatic carbocycles. The smallest absolute Gasteiger partial charge is 0.118 e. The fraction of sp³-hybridized carbons (Fsp3) is 1.00. The maximum Gasteiger partial charge on any atom is 0.118 e. The number of rotatable bonds is 2. The molecule has 0 aromatic carbocycles. The number of hydrogen-bond donors (Lipinski definition) is 2. The van der Waals surface area contributed by atoms with E-state index in [-0.39, 0.29) is 6.04 Å². The highest BCUT2D eigenvalue weighted by atomic mass is 19.1. The van der Waals surface area contributed by atoms with Crippen LogP contribution in [0.5, 0.6) is 0 Å². The van der Waals surface area contributed by atoms with Gasteiger partial charge in [-0.25, -0.2) is 4.39 Å². The van der Waals surface area contributed by atoms with Crippen LogP contribution < -0.4 is 10.6 Å². The van der Waals surface area contributed by atoms with E-state index >= 15 is 0 Å². The molecule has 1 aliphatic heterocycles. The third-order valence-corrected chi connectivity index (χ3v) is 1.86. The highest BCUT2D eigenvalue weighted by Crippen LogP contribution is 2.06. The second-order valence-electron chi connectivity index (χ2n) is 2.67. The van der Waals surface area contributed by atoms with Crippen LogP contribution in [-0.4, -0.2) is 31.8 Å². The third kappa shape index (κ3) is 1.92. The van der Waals surface area contributed by atoms with Crippen LogP contribution in [-0.2, 0) is 0 Å². The molecule has 1 saturated heterocycles. The van der Waals surface area contributed by atoms with Gasteiger partial charge in [-0.15, -0.1) is 0 Å². The molecule has 1 heterocycles. The molecule has 2 nitrogen and oxygen atoms in total. The minimum Gasteiger partial charge on any atom is -0.315 e. The fourth-order valence-corrected chi connectivity index (χ4v) is 1.29. The Morgan fingerprint density at radius 1 is 1.70 bits per heavy atom. The van der Waals surface area contributed by atoms with Crippen molar-refractivity contribution in [2.45, 2.75) is 25.6 Å². The van der Waals surface area contributed by atoms with E-state index in [0.717, 1.165) is 19.6 Å². The van der Waals surface area contributed by atoms with Crippen LogP contribution in [0.3, 0.4) is 0 Å². The van der Waals surface area contributed by atoms with E-state index in [4.69, 9.17) is 0 Å². The number of piperidine rings is 1. The van der Waals surface area contributed by atoms with Gasteiger partial charge in [0.25, 0.3) is 0 Å². The summed E-state index contributed by atoms with van der Waals surface area (Å²) in [5.41, 5.74) is 0. The second kappa shape index (κ2) is 3.88. The van der Waals surface area contributed by atoms with Crippen molar-refractivity contribution in [2.24, 2.45) is 0 Å². The molecule has 0 amide bonds. The van der Waals surface area contributed by atoms with E-state index < -0.39 is 6.17 Å². The van der Waals surface area contributed by atoms with Crippen LogP contribution in [0.1, 0.15) is 13.3 Å². The summed E-state index contributed by atoms with van der Waals surface area (Å²) in [5, 5.41) is 6.24. The minimum absolute atomic E-state index is 0.0405. The molecule has 2 atom stereocenters. The molecule has 3 heteroatoms. The van der Waals surface area contributed by atoms with Gasteiger partial charge in [0.15, 0.2) is 0 Å². The minimum atomic E-state index is -0.652. The predicted octanol–water partition coefficient (Wildman–Crippen LogP) is 0.296. The Labute approximate surface area is 61.2 Å². The molecule has 60 valence electrons. The van der Waals surface area contributed by atoms with Crippen LogP contribution in [0, 0.1) is 0 Å². The maximum absolute atomic E-state index is 12.9. The maximum atomic E-state index is 12.9. The Morgan fingerprint density at radius 2 is 2.50 bits per heavy atom. The highest BCUT2D eigenvalue weighted by molar-refractivity contribution is 4.82. The average molecular weight is 146 g/mol. The standard InChI is InChI=1S/C7H15FN2/c1-2-10-7-5-9-4-3-6(7)8/h6-7,9-10H,2-5H2,1H3/t6-,7+/m1/s1. The summed E-state index contributed by atoms with van der Waals surface area (Å²) in [6.07, 6.45) is -0.00120. The molecule has 1 fully saturated rings. The lowest BCUT2D eigenvalue weighted by atomic mass is 10.1. The van der Waals surface area contributed by atoms with Crippen molar-refractivity contribution in [3.63, 3.8) is 0 Å². The molecule has 10 heavy (non-hydrogen) atoms. The van der Waals surface area contributed by atoms with Gasteiger partial charge in [-0.2, -0.15) is 0 Å². The van der Waals surface area contributed by atoms with Gasteiger partial charge in [-0.05, 0) is 19.5 Å². The molecular formula is C7H15FN2. The van der Waals surface area contributed by atoms with Crippen molar-refractivity contribution in [3.8, 4) is 0 Å². The quantitative estimate of drug-likeness (QED) is 0.585. The summed E-state index contributed by atoms with van der Waals surface area (Å²) in [6, 6.07) is 0.0405. The number of likely N-dealkylation sites (N-methyl/N-ethyl adjacent to an activating group) is 1. The number of nitrogens with one attached hydrogen (secondary N) is 2. The normalized spacial score (nSPS) is 34.2. The van der Waals surface area contributed by atoms with Crippen molar-refractivity contribution < 1.29 is 4.39 Å². The van der Waals surface area contributed by atoms with Crippen molar-refractivity contribution in [2.75, 3.05) is 19.6 Å². The number of halogens is 1. The van der Waals surface area contributed by atoms with E-state index in [0.29, 0.717) is 6.42 Å². The zero-order valence-corrected chi connectivity index (χ0v) is 6.36. The monoisotopic (exact) mass is 146 g/mol. The Kier molecular flexibility index (Phi) is 3.09. The predicted molar refractivity (Wildman–Crippen MR) is 39.8 cm³/mol. The number of hydrogen-bond acceptors (Lipinski definition) is 2. The van der Waals surface area contributed by atoms with Gasteiger partial charge in [0.1, 0.15) is 6.17 Å². The molecule has 0 saturated carbocycles. The Morgan fingerprint density at radius 3 is 3.10 bits per heavy atom.